The molecule has 0 unspecified atom stereocenters. The van der Waals surface area contributed by atoms with Crippen molar-refractivity contribution in [1.29, 1.82) is 0 Å². The molecule has 0 bridgehead atoms. The third kappa shape index (κ3) is 4.66. The van der Waals surface area contributed by atoms with Gasteiger partial charge in [0.15, 0.2) is 11.5 Å². The van der Waals surface area contributed by atoms with Gasteiger partial charge in [0.25, 0.3) is 0 Å². The Bertz CT molecular complexity index is 530. The summed E-state index contributed by atoms with van der Waals surface area (Å²) in [5.41, 5.74) is 8.47. The molecule has 6 heteroatoms. The van der Waals surface area contributed by atoms with Gasteiger partial charge < -0.3 is 24.8 Å². The Morgan fingerprint density at radius 1 is 1.04 bits per heavy atom. The molecule has 0 radical (unpaired) electrons. The fourth-order valence-electron chi connectivity index (χ4n) is 3.16. The van der Waals surface area contributed by atoms with Crippen LogP contribution in [-0.2, 0) is 12.8 Å². The summed E-state index contributed by atoms with van der Waals surface area (Å²) in [4.78, 5) is 2.42. The van der Waals surface area contributed by atoms with Crippen molar-refractivity contribution in [2.45, 2.75) is 32.2 Å². The SMILES string of the molecule is COc1cc2c(c(OC)c1OC)CCN(CC(C)(C)N)CC2.Cl. The highest BCUT2D eigenvalue weighted by Crippen LogP contribution is 2.43. The smallest absolute Gasteiger partial charge is 0.203 e. The van der Waals surface area contributed by atoms with Gasteiger partial charge in [-0.1, -0.05) is 0 Å². The minimum absolute atomic E-state index is 0. The Kier molecular flexibility index (Phi) is 6.99. The number of methoxy groups -OCH3 is 3. The van der Waals surface area contributed by atoms with E-state index in [4.69, 9.17) is 19.9 Å². The molecule has 0 amide bonds. The second kappa shape index (κ2) is 8.08. The lowest BCUT2D eigenvalue weighted by molar-refractivity contribution is 0.235. The van der Waals surface area contributed by atoms with Gasteiger partial charge >= 0.3 is 0 Å². The van der Waals surface area contributed by atoms with E-state index in [0.717, 1.165) is 44.0 Å². The molecule has 0 aromatic heterocycles. The van der Waals surface area contributed by atoms with Crippen molar-refractivity contribution in [2.24, 2.45) is 5.73 Å². The van der Waals surface area contributed by atoms with Crippen molar-refractivity contribution in [3.8, 4) is 17.2 Å². The summed E-state index contributed by atoms with van der Waals surface area (Å²) < 4.78 is 16.6. The molecule has 23 heavy (non-hydrogen) atoms. The highest BCUT2D eigenvalue weighted by Gasteiger charge is 2.25. The summed E-state index contributed by atoms with van der Waals surface area (Å²) in [6.07, 6.45) is 1.89. The Hall–Kier alpha value is -1.17. The van der Waals surface area contributed by atoms with Crippen LogP contribution in [0.15, 0.2) is 6.07 Å². The standard InChI is InChI=1S/C17H28N2O3.ClH/c1-17(2,18)11-19-8-6-12-10-14(20-3)16(22-5)15(21-4)13(12)7-9-19;/h10H,6-9,11,18H2,1-5H3;1H. The number of nitrogens with zero attached hydrogens (tertiary/aromatic N) is 1. The maximum atomic E-state index is 6.16. The van der Waals surface area contributed by atoms with Crippen molar-refractivity contribution in [3.63, 3.8) is 0 Å². The van der Waals surface area contributed by atoms with Crippen LogP contribution < -0.4 is 19.9 Å². The molecule has 132 valence electrons. The van der Waals surface area contributed by atoms with E-state index < -0.39 is 0 Å². The molecule has 1 aromatic carbocycles. The molecule has 2 N–H and O–H groups in total. The van der Waals surface area contributed by atoms with Gasteiger partial charge in [-0.05, 0) is 38.3 Å². The lowest BCUT2D eigenvalue weighted by Gasteiger charge is -2.28. The van der Waals surface area contributed by atoms with Gasteiger partial charge in [-0.2, -0.15) is 0 Å². The Labute approximate surface area is 145 Å². The van der Waals surface area contributed by atoms with Crippen molar-refractivity contribution >= 4 is 12.4 Å². The quantitative estimate of drug-likeness (QED) is 0.888. The topological polar surface area (TPSA) is 57.0 Å². The minimum atomic E-state index is -0.185. The van der Waals surface area contributed by atoms with Gasteiger partial charge in [0, 0.05) is 30.7 Å². The van der Waals surface area contributed by atoms with E-state index in [1.807, 2.05) is 0 Å². The summed E-state index contributed by atoms with van der Waals surface area (Å²) in [5, 5.41) is 0. The normalized spacial score (nSPS) is 15.2. The molecular formula is C17H29ClN2O3. The first-order valence-corrected chi connectivity index (χ1v) is 7.71. The van der Waals surface area contributed by atoms with Crippen LogP contribution in [0.25, 0.3) is 0 Å². The number of hydrogen-bond donors (Lipinski definition) is 1. The Morgan fingerprint density at radius 2 is 1.65 bits per heavy atom. The van der Waals surface area contributed by atoms with Crippen LogP contribution in [-0.4, -0.2) is 51.4 Å². The van der Waals surface area contributed by atoms with Crippen molar-refractivity contribution < 1.29 is 14.2 Å². The zero-order chi connectivity index (χ0) is 16.3. The third-order valence-corrected chi connectivity index (χ3v) is 4.03. The zero-order valence-corrected chi connectivity index (χ0v) is 15.6. The monoisotopic (exact) mass is 344 g/mol. The van der Waals surface area contributed by atoms with Crippen molar-refractivity contribution in [2.75, 3.05) is 41.0 Å². The fraction of sp³-hybridized carbons (Fsp3) is 0.647. The molecule has 0 fully saturated rings. The number of fused-ring (bicyclic) bond motifs is 1. The van der Waals surface area contributed by atoms with Gasteiger partial charge in [0.05, 0.1) is 21.3 Å². The summed E-state index contributed by atoms with van der Waals surface area (Å²) in [5.74, 6) is 2.20. The van der Waals surface area contributed by atoms with Crippen LogP contribution in [0.2, 0.25) is 0 Å². The van der Waals surface area contributed by atoms with E-state index in [1.165, 1.54) is 11.1 Å². The molecule has 0 spiro atoms. The molecule has 1 aromatic rings. The average Bonchev–Trinajstić information content (AvgIpc) is 2.66. The van der Waals surface area contributed by atoms with Crippen LogP contribution in [0.5, 0.6) is 17.2 Å². The van der Waals surface area contributed by atoms with Crippen LogP contribution in [0.3, 0.4) is 0 Å². The van der Waals surface area contributed by atoms with Crippen LogP contribution in [0.1, 0.15) is 25.0 Å². The third-order valence-electron chi connectivity index (χ3n) is 4.03. The molecule has 5 nitrogen and oxygen atoms in total. The second-order valence-corrected chi connectivity index (χ2v) is 6.55. The molecule has 0 atom stereocenters. The van der Waals surface area contributed by atoms with E-state index in [2.05, 4.69) is 24.8 Å². The molecule has 0 saturated heterocycles. The summed E-state index contributed by atoms with van der Waals surface area (Å²) in [6.45, 7) is 6.98. The molecule has 0 aliphatic carbocycles. The second-order valence-electron chi connectivity index (χ2n) is 6.55. The van der Waals surface area contributed by atoms with Crippen LogP contribution in [0, 0.1) is 0 Å². The first kappa shape index (κ1) is 19.9. The Morgan fingerprint density at radius 3 is 2.17 bits per heavy atom. The van der Waals surface area contributed by atoms with E-state index in [1.54, 1.807) is 21.3 Å². The summed E-state index contributed by atoms with van der Waals surface area (Å²) in [6, 6.07) is 2.08. The van der Waals surface area contributed by atoms with E-state index in [0.29, 0.717) is 5.75 Å². The van der Waals surface area contributed by atoms with Gasteiger partial charge in [0.2, 0.25) is 5.75 Å². The van der Waals surface area contributed by atoms with E-state index in [9.17, 15) is 0 Å². The molecular weight excluding hydrogens is 316 g/mol. The number of benzene rings is 1. The van der Waals surface area contributed by atoms with E-state index >= 15 is 0 Å². The summed E-state index contributed by atoms with van der Waals surface area (Å²) in [7, 11) is 4.99. The number of nitrogens with two attached hydrogens (primary N) is 1. The largest absolute Gasteiger partial charge is 0.493 e. The van der Waals surface area contributed by atoms with E-state index in [-0.39, 0.29) is 17.9 Å². The molecule has 0 saturated carbocycles. The van der Waals surface area contributed by atoms with Crippen molar-refractivity contribution in [3.05, 3.63) is 17.2 Å². The number of hydrogen-bond acceptors (Lipinski definition) is 5. The predicted molar refractivity (Wildman–Crippen MR) is 95.5 cm³/mol. The predicted octanol–water partition coefficient (Wildman–Crippen LogP) is 2.27. The highest BCUT2D eigenvalue weighted by molar-refractivity contribution is 5.85. The lowest BCUT2D eigenvalue weighted by atomic mass is 10.0. The van der Waals surface area contributed by atoms with Crippen molar-refractivity contribution in [1.82, 2.24) is 4.90 Å². The zero-order valence-electron chi connectivity index (χ0n) is 14.8. The average molecular weight is 345 g/mol. The van der Waals surface area contributed by atoms with Gasteiger partial charge in [0.1, 0.15) is 0 Å². The number of ether oxygens (including phenoxy) is 3. The molecule has 1 heterocycles. The lowest BCUT2D eigenvalue weighted by Crippen LogP contribution is -2.46. The van der Waals surface area contributed by atoms with Crippen LogP contribution >= 0.6 is 12.4 Å². The fourth-order valence-corrected chi connectivity index (χ4v) is 3.16. The van der Waals surface area contributed by atoms with Gasteiger partial charge in [-0.3, -0.25) is 0 Å². The molecule has 1 aliphatic heterocycles. The Balaban J connectivity index is 0.00000264. The first-order chi connectivity index (χ1) is 10.4. The number of rotatable bonds is 5. The minimum Gasteiger partial charge on any atom is -0.493 e. The summed E-state index contributed by atoms with van der Waals surface area (Å²) >= 11 is 0. The maximum absolute atomic E-state index is 6.16. The van der Waals surface area contributed by atoms with Crippen LogP contribution in [0.4, 0.5) is 0 Å². The maximum Gasteiger partial charge on any atom is 0.203 e. The molecule has 2 rings (SSSR count). The van der Waals surface area contributed by atoms with Gasteiger partial charge in [-0.15, -0.1) is 12.4 Å². The number of halogens is 1. The molecule has 1 aliphatic rings. The first-order valence-electron chi connectivity index (χ1n) is 7.71. The van der Waals surface area contributed by atoms with Gasteiger partial charge in [-0.25, -0.2) is 0 Å². The highest BCUT2D eigenvalue weighted by atomic mass is 35.5.